The van der Waals surface area contributed by atoms with Gasteiger partial charge in [0.2, 0.25) is 11.8 Å². The Balaban J connectivity index is 2.79. The Hall–Kier alpha value is -2.99. The van der Waals surface area contributed by atoms with Crippen LogP contribution in [-0.4, -0.2) is 72.8 Å². The molecule has 1 aromatic carbocycles. The van der Waals surface area contributed by atoms with Crippen LogP contribution >= 0.6 is 0 Å². The molecule has 0 aliphatic rings. The molecule has 0 saturated heterocycles. The Morgan fingerprint density at radius 1 is 0.957 bits per heavy atom. The maximum atomic E-state index is 13.3. The summed E-state index contributed by atoms with van der Waals surface area (Å²) in [5.74, 6) is -4.29. The number of halogens is 1. The number of sulfone groups is 1. The van der Waals surface area contributed by atoms with Crippen molar-refractivity contribution in [3.63, 3.8) is 0 Å². The molecule has 0 aromatic heterocycles. The normalized spacial score (nSPS) is 14.4. The van der Waals surface area contributed by atoms with Crippen LogP contribution in [0.15, 0.2) is 36.4 Å². The van der Waals surface area contributed by atoms with Gasteiger partial charge in [0.05, 0.1) is 30.7 Å². The number of rotatable bonds is 27. The van der Waals surface area contributed by atoms with Gasteiger partial charge in [-0.1, -0.05) is 83.1 Å². The number of alkyl halides is 1. The summed E-state index contributed by atoms with van der Waals surface area (Å²) in [4.78, 5) is 37.6. The van der Waals surface area contributed by atoms with E-state index in [1.165, 1.54) is 6.08 Å². The summed E-state index contributed by atoms with van der Waals surface area (Å²) in [6, 6.07) is 5.69. The van der Waals surface area contributed by atoms with Gasteiger partial charge in [0.15, 0.2) is 5.60 Å². The van der Waals surface area contributed by atoms with Gasteiger partial charge in [0.25, 0.3) is 0 Å². The van der Waals surface area contributed by atoms with Gasteiger partial charge in [0.1, 0.15) is 21.6 Å². The van der Waals surface area contributed by atoms with Gasteiger partial charge in [-0.25, -0.2) is 13.2 Å². The number of hydrogen-bond donors (Lipinski definition) is 4. The van der Waals surface area contributed by atoms with Crippen LogP contribution < -0.4 is 15.8 Å². The number of amides is 2. The highest BCUT2D eigenvalue weighted by molar-refractivity contribution is 7.91. The molecule has 1 aromatic rings. The second-order valence-electron chi connectivity index (χ2n) is 11.9. The maximum Gasteiger partial charge on any atom is 0.336 e. The molecule has 5 N–H and O–H groups in total. The third-order valence-corrected chi connectivity index (χ3v) is 9.72. The number of carboxylic acids is 1. The van der Waals surface area contributed by atoms with Crippen molar-refractivity contribution in [1.82, 2.24) is 5.32 Å². The number of ether oxygens (including phenoxy) is 1. The smallest absolute Gasteiger partial charge is 0.336 e. The number of carbonyl (C=O) groups is 3. The zero-order chi connectivity index (χ0) is 34.4. The molecule has 262 valence electrons. The summed E-state index contributed by atoms with van der Waals surface area (Å²) in [7, 11) is -3.07. The second kappa shape index (κ2) is 22.5. The molecule has 0 fully saturated rings. The number of primary amides is 1. The van der Waals surface area contributed by atoms with Crippen LogP contribution in [-0.2, 0) is 30.6 Å². The van der Waals surface area contributed by atoms with Crippen LogP contribution in [0, 0.1) is 5.92 Å². The number of nitrogens with one attached hydrogen (secondary N) is 1. The van der Waals surface area contributed by atoms with E-state index in [4.69, 9.17) is 10.5 Å². The van der Waals surface area contributed by atoms with Crippen molar-refractivity contribution in [2.75, 3.05) is 24.8 Å². The Labute approximate surface area is 274 Å². The monoisotopic (exact) mass is 670 g/mol. The summed E-state index contributed by atoms with van der Waals surface area (Å²) in [6.45, 7) is 3.55. The lowest BCUT2D eigenvalue weighted by Gasteiger charge is -2.30. The minimum atomic E-state index is -3.07. The van der Waals surface area contributed by atoms with Crippen molar-refractivity contribution >= 4 is 27.6 Å². The van der Waals surface area contributed by atoms with Gasteiger partial charge >= 0.3 is 5.97 Å². The highest BCUT2D eigenvalue weighted by Gasteiger charge is 2.47. The number of unbranched alkanes of at least 4 members (excludes halogenated alkanes) is 9. The van der Waals surface area contributed by atoms with Crippen LogP contribution in [0.2, 0.25) is 0 Å². The lowest BCUT2D eigenvalue weighted by Crippen LogP contribution is -2.55. The Kier molecular flexibility index (Phi) is 20.1. The van der Waals surface area contributed by atoms with Crippen LogP contribution in [0.4, 0.5) is 4.39 Å². The molecular weight excluding hydrogens is 615 g/mol. The summed E-state index contributed by atoms with van der Waals surface area (Å²) in [5, 5.41) is 23.1. The zero-order valence-corrected chi connectivity index (χ0v) is 28.4. The minimum absolute atomic E-state index is 0.00986. The first-order chi connectivity index (χ1) is 21.9. The number of allylic oxidation sites excluding steroid dienone is 1. The van der Waals surface area contributed by atoms with Crippen LogP contribution in [0.5, 0.6) is 5.75 Å². The fourth-order valence-corrected chi connectivity index (χ4v) is 6.47. The summed E-state index contributed by atoms with van der Waals surface area (Å²) >= 11 is 0. The standard InChI is InChI=1S/C34H55FN2O8S/c1-3-5-7-11-14-24-46(43,44)25-15-12-9-8-10-13-16-29(34(42,21-22-35)33(40)41)32(39)37-30(31(36)38)26-27-17-19-28(20-18-27)45-23-6-4-2/h13,16-20,29-30,42H,3-12,14-15,21-26H2,1-2H3,(H2,36,38)(H,37,39)(H,40,41)/t29-,30+,34+/m1/s1. The van der Waals surface area contributed by atoms with Crippen LogP contribution in [0.1, 0.15) is 103 Å². The molecule has 3 atom stereocenters. The molecule has 0 radical (unpaired) electrons. The number of benzene rings is 1. The molecular formula is C34H55FN2O8S. The van der Waals surface area contributed by atoms with Crippen molar-refractivity contribution in [2.24, 2.45) is 11.7 Å². The number of aliphatic carboxylic acids is 1. The summed E-state index contributed by atoms with van der Waals surface area (Å²) in [6.07, 6.45) is 11.7. The molecule has 46 heavy (non-hydrogen) atoms. The number of aliphatic hydroxyl groups is 1. The Bertz CT molecular complexity index is 1180. The van der Waals surface area contributed by atoms with Crippen molar-refractivity contribution in [1.29, 1.82) is 0 Å². The maximum absolute atomic E-state index is 13.3. The van der Waals surface area contributed by atoms with Crippen molar-refractivity contribution in [3.05, 3.63) is 42.0 Å². The topological polar surface area (TPSA) is 173 Å². The third-order valence-electron chi connectivity index (χ3n) is 7.90. The lowest BCUT2D eigenvalue weighted by atomic mass is 9.83. The van der Waals surface area contributed by atoms with E-state index in [-0.39, 0.29) is 17.9 Å². The van der Waals surface area contributed by atoms with Gasteiger partial charge in [-0.3, -0.25) is 14.0 Å². The molecule has 10 nitrogen and oxygen atoms in total. The van der Waals surface area contributed by atoms with Crippen molar-refractivity contribution < 1.29 is 42.1 Å². The average molecular weight is 671 g/mol. The van der Waals surface area contributed by atoms with Crippen molar-refractivity contribution in [2.45, 2.75) is 115 Å². The Morgan fingerprint density at radius 3 is 2.09 bits per heavy atom. The lowest BCUT2D eigenvalue weighted by molar-refractivity contribution is -0.167. The van der Waals surface area contributed by atoms with Gasteiger partial charge < -0.3 is 26.0 Å². The molecule has 1 rings (SSSR count). The summed E-state index contributed by atoms with van der Waals surface area (Å²) < 4.78 is 43.4. The van der Waals surface area contributed by atoms with Gasteiger partial charge in [-0.15, -0.1) is 0 Å². The molecule has 2 amide bonds. The highest BCUT2D eigenvalue weighted by Crippen LogP contribution is 2.26. The molecule has 12 heteroatoms. The molecule has 0 aliphatic heterocycles. The van der Waals surface area contributed by atoms with Crippen LogP contribution in [0.3, 0.4) is 0 Å². The fourth-order valence-electron chi connectivity index (χ4n) is 4.98. The molecule has 0 aliphatic carbocycles. The predicted molar refractivity (Wildman–Crippen MR) is 178 cm³/mol. The van der Waals surface area contributed by atoms with E-state index in [0.717, 1.165) is 38.5 Å². The number of hydrogen-bond acceptors (Lipinski definition) is 7. The number of carbonyl (C=O) groups excluding carboxylic acids is 2. The largest absolute Gasteiger partial charge is 0.494 e. The second-order valence-corrected chi connectivity index (χ2v) is 14.2. The van der Waals surface area contributed by atoms with E-state index >= 15 is 0 Å². The molecule has 0 heterocycles. The first-order valence-electron chi connectivity index (χ1n) is 16.6. The summed E-state index contributed by atoms with van der Waals surface area (Å²) in [5.41, 5.74) is 3.46. The Morgan fingerprint density at radius 2 is 1.54 bits per heavy atom. The SMILES string of the molecule is CCCCCCCS(=O)(=O)CCCCCCC=C[C@H](C(=O)N[C@@H](Cc1ccc(OCCCC)cc1)C(N)=O)[C@@](O)(CCF)C(=O)O. The molecule has 0 saturated carbocycles. The van der Waals surface area contributed by atoms with Crippen molar-refractivity contribution in [3.8, 4) is 5.75 Å². The van der Waals surface area contributed by atoms with Gasteiger partial charge in [-0.05, 0) is 49.8 Å². The van der Waals surface area contributed by atoms with Crippen LogP contribution in [0.25, 0.3) is 0 Å². The van der Waals surface area contributed by atoms with Gasteiger partial charge in [0, 0.05) is 12.8 Å². The van der Waals surface area contributed by atoms with E-state index in [0.29, 0.717) is 56.4 Å². The number of nitrogens with two attached hydrogens (primary N) is 1. The predicted octanol–water partition coefficient (Wildman–Crippen LogP) is 5.06. The van der Waals surface area contributed by atoms with E-state index in [1.54, 1.807) is 30.3 Å². The molecule has 0 bridgehead atoms. The molecule has 0 spiro atoms. The quantitative estimate of drug-likeness (QED) is 0.0743. The highest BCUT2D eigenvalue weighted by atomic mass is 32.2. The van der Waals surface area contributed by atoms with E-state index < -0.39 is 58.3 Å². The fraction of sp³-hybridized carbons (Fsp3) is 0.676. The molecule has 0 unspecified atom stereocenters. The first kappa shape index (κ1) is 41.0. The zero-order valence-electron chi connectivity index (χ0n) is 27.6. The third kappa shape index (κ3) is 16.0. The van der Waals surface area contributed by atoms with E-state index in [9.17, 15) is 37.4 Å². The van der Waals surface area contributed by atoms with Gasteiger partial charge in [-0.2, -0.15) is 0 Å². The minimum Gasteiger partial charge on any atom is -0.494 e. The van der Waals surface area contributed by atoms with E-state index in [1.807, 2.05) is 0 Å². The first-order valence-corrected chi connectivity index (χ1v) is 18.4. The number of carboxylic acid groups (broad SMARTS) is 1. The average Bonchev–Trinajstić information content (AvgIpc) is 3.00. The van der Waals surface area contributed by atoms with E-state index in [2.05, 4.69) is 19.2 Å².